The zero-order valence-corrected chi connectivity index (χ0v) is 16.0. The lowest BCUT2D eigenvalue weighted by Gasteiger charge is -2.39. The van der Waals surface area contributed by atoms with E-state index in [1.54, 1.807) is 12.1 Å². The molecule has 146 valence electrons. The number of carbonyl (C=O) groups excluding carboxylic acids is 2. The predicted octanol–water partition coefficient (Wildman–Crippen LogP) is 3.75. The molecule has 1 saturated carbocycles. The molecule has 2 aliphatic heterocycles. The number of rotatable bonds is 3. The van der Waals surface area contributed by atoms with Crippen LogP contribution in [0.15, 0.2) is 24.3 Å². The number of hydrogen-bond acceptors (Lipinski definition) is 2. The van der Waals surface area contributed by atoms with Crippen molar-refractivity contribution in [2.75, 3.05) is 19.6 Å². The highest BCUT2D eigenvalue weighted by Crippen LogP contribution is 2.41. The Morgan fingerprint density at radius 3 is 2.52 bits per heavy atom. The van der Waals surface area contributed by atoms with E-state index < -0.39 is 5.41 Å². The first-order valence-corrected chi connectivity index (χ1v) is 10.4. The van der Waals surface area contributed by atoms with E-state index >= 15 is 0 Å². The van der Waals surface area contributed by atoms with E-state index in [4.69, 9.17) is 0 Å². The smallest absolute Gasteiger partial charge is 0.230 e. The molecule has 0 aromatic heterocycles. The van der Waals surface area contributed by atoms with Crippen molar-refractivity contribution >= 4 is 11.8 Å². The average Bonchev–Trinajstić information content (AvgIpc) is 3.12. The van der Waals surface area contributed by atoms with Crippen LogP contribution in [0.5, 0.6) is 0 Å². The zero-order valence-electron chi connectivity index (χ0n) is 16.0. The van der Waals surface area contributed by atoms with Gasteiger partial charge in [0.05, 0.1) is 5.41 Å². The summed E-state index contributed by atoms with van der Waals surface area (Å²) in [5, 5.41) is 0. The zero-order chi connectivity index (χ0) is 18.9. The Bertz CT molecular complexity index is 699. The third-order valence-electron chi connectivity index (χ3n) is 6.73. The summed E-state index contributed by atoms with van der Waals surface area (Å²) < 4.78 is 13.1. The third kappa shape index (κ3) is 3.74. The second-order valence-corrected chi connectivity index (χ2v) is 8.58. The quantitative estimate of drug-likeness (QED) is 0.811. The molecule has 3 aliphatic rings. The standard InChI is InChI=1S/C22H29FN2O2/c23-19-9-7-17(8-10-19)15-24-13-4-11-22(21(24)27)12-14-25(16-22)20(26)18-5-2-1-3-6-18/h7-10,18H,1-6,11-16H2. The molecule has 0 bridgehead atoms. The van der Waals surface area contributed by atoms with Gasteiger partial charge in [0.1, 0.15) is 5.82 Å². The van der Waals surface area contributed by atoms with Crippen molar-refractivity contribution in [3.63, 3.8) is 0 Å². The highest BCUT2D eigenvalue weighted by atomic mass is 19.1. The first kappa shape index (κ1) is 18.5. The number of hydrogen-bond donors (Lipinski definition) is 0. The number of likely N-dealkylation sites (tertiary alicyclic amines) is 2. The van der Waals surface area contributed by atoms with Gasteiger partial charge in [0.2, 0.25) is 11.8 Å². The molecule has 1 aliphatic carbocycles. The van der Waals surface area contributed by atoms with E-state index in [-0.39, 0.29) is 23.5 Å². The fraction of sp³-hybridized carbons (Fsp3) is 0.636. The molecule has 5 heteroatoms. The SMILES string of the molecule is O=C(C1CCCCC1)N1CCC2(CCCN(Cc3ccc(F)cc3)C2=O)C1. The van der Waals surface area contributed by atoms with Crippen molar-refractivity contribution < 1.29 is 14.0 Å². The minimum atomic E-state index is -0.400. The lowest BCUT2D eigenvalue weighted by atomic mass is 9.78. The van der Waals surface area contributed by atoms with Crippen LogP contribution in [-0.2, 0) is 16.1 Å². The fourth-order valence-electron chi connectivity index (χ4n) is 5.16. The summed E-state index contributed by atoms with van der Waals surface area (Å²) in [4.78, 5) is 30.1. The lowest BCUT2D eigenvalue weighted by Crippen LogP contribution is -2.50. The van der Waals surface area contributed by atoms with Crippen molar-refractivity contribution in [2.24, 2.45) is 11.3 Å². The molecule has 0 N–H and O–H groups in total. The molecule has 2 heterocycles. The number of carbonyl (C=O) groups is 2. The maximum absolute atomic E-state index is 13.3. The van der Waals surface area contributed by atoms with Gasteiger partial charge in [0.25, 0.3) is 0 Å². The summed E-state index contributed by atoms with van der Waals surface area (Å²) in [5.41, 5.74) is 0.553. The summed E-state index contributed by atoms with van der Waals surface area (Å²) in [6.45, 7) is 2.57. The van der Waals surface area contributed by atoms with Crippen molar-refractivity contribution in [2.45, 2.75) is 57.9 Å². The first-order valence-electron chi connectivity index (χ1n) is 10.4. The van der Waals surface area contributed by atoms with Crippen molar-refractivity contribution in [1.82, 2.24) is 9.80 Å². The van der Waals surface area contributed by atoms with Crippen LogP contribution in [0.2, 0.25) is 0 Å². The van der Waals surface area contributed by atoms with Crippen LogP contribution in [-0.4, -0.2) is 41.2 Å². The fourth-order valence-corrected chi connectivity index (χ4v) is 5.16. The van der Waals surface area contributed by atoms with E-state index in [9.17, 15) is 14.0 Å². The highest BCUT2D eigenvalue weighted by Gasteiger charge is 2.49. The van der Waals surface area contributed by atoms with E-state index in [1.165, 1.54) is 18.6 Å². The van der Waals surface area contributed by atoms with Gasteiger partial charge in [-0.2, -0.15) is 0 Å². The average molecular weight is 372 g/mol. The summed E-state index contributed by atoms with van der Waals surface area (Å²) >= 11 is 0. The molecular formula is C22H29FN2O2. The minimum absolute atomic E-state index is 0.169. The Morgan fingerprint density at radius 2 is 1.78 bits per heavy atom. The molecule has 1 aromatic rings. The van der Waals surface area contributed by atoms with Gasteiger partial charge in [-0.3, -0.25) is 9.59 Å². The molecule has 4 rings (SSSR count). The van der Waals surface area contributed by atoms with Crippen LogP contribution in [0.4, 0.5) is 4.39 Å². The van der Waals surface area contributed by atoms with Gasteiger partial charge in [-0.25, -0.2) is 4.39 Å². The van der Waals surface area contributed by atoms with Gasteiger partial charge in [-0.05, 0) is 49.8 Å². The highest BCUT2D eigenvalue weighted by molar-refractivity contribution is 5.86. The van der Waals surface area contributed by atoms with Gasteiger partial charge in [0.15, 0.2) is 0 Å². The monoisotopic (exact) mass is 372 g/mol. The molecule has 1 atom stereocenters. The first-order chi connectivity index (χ1) is 13.1. The van der Waals surface area contributed by atoms with E-state index in [1.807, 2.05) is 9.80 Å². The Labute approximate surface area is 160 Å². The van der Waals surface area contributed by atoms with E-state index in [0.29, 0.717) is 19.6 Å². The minimum Gasteiger partial charge on any atom is -0.341 e. The molecule has 1 aromatic carbocycles. The summed E-state index contributed by atoms with van der Waals surface area (Å²) in [5.74, 6) is 0.364. The van der Waals surface area contributed by atoms with Crippen LogP contribution >= 0.6 is 0 Å². The topological polar surface area (TPSA) is 40.6 Å². The Kier molecular flexibility index (Phi) is 5.20. The number of piperidine rings is 1. The molecule has 1 spiro atoms. The third-order valence-corrected chi connectivity index (χ3v) is 6.73. The van der Waals surface area contributed by atoms with Crippen LogP contribution in [0.25, 0.3) is 0 Å². The molecule has 0 radical (unpaired) electrons. The van der Waals surface area contributed by atoms with Gasteiger partial charge < -0.3 is 9.80 Å². The summed E-state index contributed by atoms with van der Waals surface area (Å²) in [6, 6.07) is 6.38. The second kappa shape index (κ2) is 7.61. The molecule has 1 unspecified atom stereocenters. The molecule has 2 amide bonds. The molecule has 2 saturated heterocycles. The summed E-state index contributed by atoms with van der Waals surface area (Å²) in [7, 11) is 0. The molecule has 3 fully saturated rings. The van der Waals surface area contributed by atoms with Crippen LogP contribution in [0, 0.1) is 17.2 Å². The van der Waals surface area contributed by atoms with Crippen LogP contribution in [0.1, 0.15) is 56.9 Å². The second-order valence-electron chi connectivity index (χ2n) is 8.58. The molecular weight excluding hydrogens is 343 g/mol. The Hall–Kier alpha value is -1.91. The largest absolute Gasteiger partial charge is 0.341 e. The number of amides is 2. The van der Waals surface area contributed by atoms with Gasteiger partial charge in [0, 0.05) is 32.1 Å². The van der Waals surface area contributed by atoms with Crippen molar-refractivity contribution in [1.29, 1.82) is 0 Å². The molecule has 27 heavy (non-hydrogen) atoms. The normalized spacial score (nSPS) is 26.8. The van der Waals surface area contributed by atoms with Crippen molar-refractivity contribution in [3.8, 4) is 0 Å². The number of halogens is 1. The number of benzene rings is 1. The van der Waals surface area contributed by atoms with Gasteiger partial charge in [-0.15, -0.1) is 0 Å². The van der Waals surface area contributed by atoms with Gasteiger partial charge >= 0.3 is 0 Å². The van der Waals surface area contributed by atoms with E-state index in [2.05, 4.69) is 0 Å². The maximum atomic E-state index is 13.3. The van der Waals surface area contributed by atoms with Crippen molar-refractivity contribution in [3.05, 3.63) is 35.6 Å². The molecule has 4 nitrogen and oxygen atoms in total. The predicted molar refractivity (Wildman–Crippen MR) is 101 cm³/mol. The van der Waals surface area contributed by atoms with Crippen LogP contribution < -0.4 is 0 Å². The Morgan fingerprint density at radius 1 is 1.04 bits per heavy atom. The summed E-state index contributed by atoms with van der Waals surface area (Å²) in [6.07, 6.45) is 8.19. The Balaban J connectivity index is 1.42. The van der Waals surface area contributed by atoms with Gasteiger partial charge in [-0.1, -0.05) is 31.4 Å². The van der Waals surface area contributed by atoms with E-state index in [0.717, 1.165) is 57.1 Å². The van der Waals surface area contributed by atoms with Crippen LogP contribution in [0.3, 0.4) is 0 Å². The lowest BCUT2D eigenvalue weighted by molar-refractivity contribution is -0.147. The number of nitrogens with zero attached hydrogens (tertiary/aromatic N) is 2. The maximum Gasteiger partial charge on any atom is 0.230 e.